The summed E-state index contributed by atoms with van der Waals surface area (Å²) in [6.45, 7) is 0. The minimum atomic E-state index is -0.913. The molecule has 1 N–H and O–H groups in total. The number of ketones is 1. The van der Waals surface area contributed by atoms with Crippen LogP contribution in [0.1, 0.15) is 17.2 Å². The average molecular weight is 453 g/mol. The quantitative estimate of drug-likeness (QED) is 0.357. The van der Waals surface area contributed by atoms with Crippen LogP contribution in [-0.4, -0.2) is 21.8 Å². The van der Waals surface area contributed by atoms with E-state index in [-0.39, 0.29) is 11.3 Å². The van der Waals surface area contributed by atoms with Crippen molar-refractivity contribution in [3.63, 3.8) is 0 Å². The van der Waals surface area contributed by atoms with Gasteiger partial charge in [-0.25, -0.2) is 4.39 Å². The number of carbonyl (C=O) groups is 2. The zero-order valence-electron chi connectivity index (χ0n) is 14.9. The van der Waals surface area contributed by atoms with E-state index in [1.165, 1.54) is 35.4 Å². The Bertz CT molecular complexity index is 1110. The van der Waals surface area contributed by atoms with E-state index in [0.717, 1.165) is 4.47 Å². The number of nitrogens with zero attached hydrogens (tertiary/aromatic N) is 2. The Labute approximate surface area is 174 Å². The first-order chi connectivity index (χ1) is 14.0. The maximum Gasteiger partial charge on any atom is 0.300 e. The molecule has 0 saturated carbocycles. The van der Waals surface area contributed by atoms with Gasteiger partial charge in [-0.1, -0.05) is 40.2 Å². The second-order valence-electron chi connectivity index (χ2n) is 6.44. The highest BCUT2D eigenvalue weighted by Crippen LogP contribution is 2.41. The molecule has 7 heteroatoms. The van der Waals surface area contributed by atoms with Crippen molar-refractivity contribution < 1.29 is 19.1 Å². The van der Waals surface area contributed by atoms with Crippen LogP contribution in [0.4, 0.5) is 10.1 Å². The summed E-state index contributed by atoms with van der Waals surface area (Å²) in [6, 6.07) is 14.6. The third kappa shape index (κ3) is 3.45. The third-order valence-electron chi connectivity index (χ3n) is 4.67. The van der Waals surface area contributed by atoms with Crippen LogP contribution in [-0.2, 0) is 9.59 Å². The Morgan fingerprint density at radius 3 is 2.34 bits per heavy atom. The summed E-state index contributed by atoms with van der Waals surface area (Å²) < 4.78 is 14.3. The van der Waals surface area contributed by atoms with Gasteiger partial charge in [0.1, 0.15) is 11.6 Å². The predicted molar refractivity (Wildman–Crippen MR) is 110 cm³/mol. The molecule has 4 rings (SSSR count). The minimum Gasteiger partial charge on any atom is -0.507 e. The molecule has 0 radical (unpaired) electrons. The second kappa shape index (κ2) is 7.60. The van der Waals surface area contributed by atoms with Gasteiger partial charge in [0.25, 0.3) is 11.7 Å². The van der Waals surface area contributed by atoms with Crippen LogP contribution in [0, 0.1) is 5.82 Å². The van der Waals surface area contributed by atoms with Gasteiger partial charge in [0.05, 0.1) is 23.5 Å². The van der Waals surface area contributed by atoms with E-state index in [9.17, 15) is 19.1 Å². The lowest BCUT2D eigenvalue weighted by molar-refractivity contribution is -0.132. The van der Waals surface area contributed by atoms with Gasteiger partial charge >= 0.3 is 0 Å². The largest absolute Gasteiger partial charge is 0.507 e. The predicted octanol–water partition coefficient (Wildman–Crippen LogP) is 4.61. The number of anilines is 1. The van der Waals surface area contributed by atoms with E-state index in [1.807, 2.05) is 0 Å². The van der Waals surface area contributed by atoms with Crippen molar-refractivity contribution in [2.45, 2.75) is 6.04 Å². The number of Topliss-reactive ketones (excluding diaryl/α,β-unsaturated/α-hetero) is 1. The molecule has 1 amide bonds. The molecule has 144 valence electrons. The van der Waals surface area contributed by atoms with Crippen molar-refractivity contribution in [3.8, 4) is 0 Å². The van der Waals surface area contributed by atoms with Gasteiger partial charge in [0, 0.05) is 16.2 Å². The Balaban J connectivity index is 1.94. The van der Waals surface area contributed by atoms with Crippen molar-refractivity contribution in [1.82, 2.24) is 4.98 Å². The van der Waals surface area contributed by atoms with Gasteiger partial charge in [-0.2, -0.15) is 0 Å². The van der Waals surface area contributed by atoms with Gasteiger partial charge in [0.2, 0.25) is 0 Å². The number of carbonyl (C=O) groups excluding carboxylic acids is 2. The minimum absolute atomic E-state index is 0.0622. The molecule has 0 aliphatic carbocycles. The number of hydrogen-bond acceptors (Lipinski definition) is 4. The van der Waals surface area contributed by atoms with E-state index in [4.69, 9.17) is 0 Å². The molecule has 2 heterocycles. The zero-order chi connectivity index (χ0) is 20.5. The van der Waals surface area contributed by atoms with Gasteiger partial charge in [-0.15, -0.1) is 0 Å². The highest BCUT2D eigenvalue weighted by atomic mass is 79.9. The first-order valence-corrected chi connectivity index (χ1v) is 9.49. The summed E-state index contributed by atoms with van der Waals surface area (Å²) in [4.78, 5) is 31.1. The van der Waals surface area contributed by atoms with E-state index < -0.39 is 23.5 Å². The van der Waals surface area contributed by atoms with Crippen LogP contribution in [0.25, 0.3) is 5.76 Å². The smallest absolute Gasteiger partial charge is 0.300 e. The Morgan fingerprint density at radius 1 is 1.03 bits per heavy atom. The maximum atomic E-state index is 13.5. The van der Waals surface area contributed by atoms with Crippen LogP contribution in [0.5, 0.6) is 0 Å². The Kier molecular flexibility index (Phi) is 4.98. The monoisotopic (exact) mass is 452 g/mol. The fourth-order valence-corrected chi connectivity index (χ4v) is 3.58. The number of pyridine rings is 1. The SMILES string of the molecule is O=C1C(=O)N(c2cccnc2)[C@@H](c2ccc(F)cc2)C1=C(O)c1ccc(Br)cc1. The lowest BCUT2D eigenvalue weighted by Gasteiger charge is -2.25. The summed E-state index contributed by atoms with van der Waals surface area (Å²) >= 11 is 3.33. The van der Waals surface area contributed by atoms with Gasteiger partial charge in [-0.05, 0) is 42.0 Å². The molecule has 1 saturated heterocycles. The molecule has 3 aromatic rings. The molecule has 0 spiro atoms. The van der Waals surface area contributed by atoms with Gasteiger partial charge < -0.3 is 5.11 Å². The zero-order valence-corrected chi connectivity index (χ0v) is 16.5. The van der Waals surface area contributed by atoms with Crippen molar-refractivity contribution >= 4 is 39.1 Å². The molecular formula is C22H14BrFN2O3. The first-order valence-electron chi connectivity index (χ1n) is 8.70. The van der Waals surface area contributed by atoms with Crippen LogP contribution in [0.3, 0.4) is 0 Å². The summed E-state index contributed by atoms with van der Waals surface area (Å²) in [5, 5.41) is 10.9. The number of amides is 1. The van der Waals surface area contributed by atoms with Gasteiger partial charge in [0.15, 0.2) is 0 Å². The van der Waals surface area contributed by atoms with E-state index in [1.54, 1.807) is 42.6 Å². The molecular weight excluding hydrogens is 439 g/mol. The molecule has 2 aromatic carbocycles. The summed E-state index contributed by atoms with van der Waals surface area (Å²) in [5.41, 5.74) is 1.23. The maximum absolute atomic E-state index is 13.5. The molecule has 0 bridgehead atoms. The molecule has 29 heavy (non-hydrogen) atoms. The van der Waals surface area contributed by atoms with E-state index >= 15 is 0 Å². The highest BCUT2D eigenvalue weighted by Gasteiger charge is 2.47. The molecule has 1 aliphatic rings. The molecule has 1 aliphatic heterocycles. The second-order valence-corrected chi connectivity index (χ2v) is 7.35. The first kappa shape index (κ1) is 19.0. The average Bonchev–Trinajstić information content (AvgIpc) is 3.00. The molecule has 0 unspecified atom stereocenters. The lowest BCUT2D eigenvalue weighted by Crippen LogP contribution is -2.29. The fraction of sp³-hybridized carbons (Fsp3) is 0.0455. The molecule has 1 aromatic heterocycles. The molecule has 1 fully saturated rings. The van der Waals surface area contributed by atoms with E-state index in [0.29, 0.717) is 16.8 Å². The number of halogens is 2. The topological polar surface area (TPSA) is 70.5 Å². The number of aromatic nitrogens is 1. The summed E-state index contributed by atoms with van der Waals surface area (Å²) in [5.74, 6) is -2.34. The third-order valence-corrected chi connectivity index (χ3v) is 5.20. The van der Waals surface area contributed by atoms with Crippen molar-refractivity contribution in [1.29, 1.82) is 0 Å². The van der Waals surface area contributed by atoms with E-state index in [2.05, 4.69) is 20.9 Å². The molecule has 5 nitrogen and oxygen atoms in total. The van der Waals surface area contributed by atoms with Crippen LogP contribution < -0.4 is 4.90 Å². The Hall–Kier alpha value is -3.32. The highest BCUT2D eigenvalue weighted by molar-refractivity contribution is 9.10. The lowest BCUT2D eigenvalue weighted by atomic mass is 9.95. The van der Waals surface area contributed by atoms with Crippen LogP contribution in [0.2, 0.25) is 0 Å². The van der Waals surface area contributed by atoms with Crippen molar-refractivity contribution in [3.05, 3.63) is 100 Å². The van der Waals surface area contributed by atoms with Crippen molar-refractivity contribution in [2.75, 3.05) is 4.90 Å². The summed E-state index contributed by atoms with van der Waals surface area (Å²) in [6.07, 6.45) is 3.01. The molecule has 1 atom stereocenters. The number of hydrogen-bond donors (Lipinski definition) is 1. The van der Waals surface area contributed by atoms with Gasteiger partial charge in [-0.3, -0.25) is 19.5 Å². The number of aliphatic hydroxyl groups excluding tert-OH is 1. The van der Waals surface area contributed by atoms with Crippen LogP contribution in [0.15, 0.2) is 83.1 Å². The van der Waals surface area contributed by atoms with Crippen molar-refractivity contribution in [2.24, 2.45) is 0 Å². The van der Waals surface area contributed by atoms with Crippen LogP contribution >= 0.6 is 15.9 Å². The normalized spacial score (nSPS) is 18.3. The number of rotatable bonds is 3. The summed E-state index contributed by atoms with van der Waals surface area (Å²) in [7, 11) is 0. The number of aliphatic hydroxyl groups is 1. The number of benzene rings is 2. The Morgan fingerprint density at radius 2 is 1.72 bits per heavy atom. The standard InChI is InChI=1S/C22H14BrFN2O3/c23-15-7-3-14(4-8-15)20(27)18-19(13-5-9-16(24)10-6-13)26(22(29)21(18)28)17-2-1-11-25-12-17/h1-12,19,27H/t19-/m0/s1. The fourth-order valence-electron chi connectivity index (χ4n) is 3.32.